The third kappa shape index (κ3) is 3.45. The van der Waals surface area contributed by atoms with E-state index in [1.165, 1.54) is 11.3 Å². The number of nitrogens with one attached hydrogen (secondary N) is 1. The highest BCUT2D eigenvalue weighted by atomic mass is 32.1. The van der Waals surface area contributed by atoms with Crippen molar-refractivity contribution in [3.05, 3.63) is 77.3 Å². The monoisotopic (exact) mass is 307 g/mol. The summed E-state index contributed by atoms with van der Waals surface area (Å²) in [6.07, 6.45) is 1.87. The zero-order valence-electron chi connectivity index (χ0n) is 11.6. The van der Waals surface area contributed by atoms with Gasteiger partial charge in [0.2, 0.25) is 5.13 Å². The number of carbonyl (C=O) groups is 1. The van der Waals surface area contributed by atoms with E-state index in [9.17, 15) is 4.79 Å². The summed E-state index contributed by atoms with van der Waals surface area (Å²) in [4.78, 5) is 12.6. The van der Waals surface area contributed by atoms with Gasteiger partial charge in [0, 0.05) is 5.57 Å². The van der Waals surface area contributed by atoms with E-state index in [4.69, 9.17) is 0 Å². The number of anilines is 1. The first-order chi connectivity index (χ1) is 10.8. The van der Waals surface area contributed by atoms with Crippen LogP contribution >= 0.6 is 11.3 Å². The quantitative estimate of drug-likeness (QED) is 0.590. The Labute approximate surface area is 132 Å². The maximum absolute atomic E-state index is 12.6. The third-order valence-electron chi connectivity index (χ3n) is 3.02. The van der Waals surface area contributed by atoms with Crippen LogP contribution in [0.1, 0.15) is 11.1 Å². The Balaban J connectivity index is 1.96. The Morgan fingerprint density at radius 2 is 1.68 bits per heavy atom. The van der Waals surface area contributed by atoms with E-state index >= 15 is 0 Å². The molecule has 0 atom stereocenters. The molecule has 0 radical (unpaired) electrons. The molecule has 0 spiro atoms. The summed E-state index contributed by atoms with van der Waals surface area (Å²) in [7, 11) is 0. The van der Waals surface area contributed by atoms with Gasteiger partial charge in [-0.3, -0.25) is 10.1 Å². The summed E-state index contributed by atoms with van der Waals surface area (Å²) in [5.74, 6) is -0.202. The van der Waals surface area contributed by atoms with E-state index in [2.05, 4.69) is 15.5 Å². The predicted octanol–water partition coefficient (Wildman–Crippen LogP) is 3.72. The molecule has 0 bridgehead atoms. The number of hydrogen-bond donors (Lipinski definition) is 1. The molecule has 0 unspecified atom stereocenters. The van der Waals surface area contributed by atoms with Crippen molar-refractivity contribution in [1.82, 2.24) is 10.2 Å². The first kappa shape index (κ1) is 14.2. The smallest absolute Gasteiger partial charge is 0.258 e. The Hall–Kier alpha value is -2.79. The van der Waals surface area contributed by atoms with Crippen LogP contribution in [0.2, 0.25) is 0 Å². The highest BCUT2D eigenvalue weighted by molar-refractivity contribution is 7.13. The van der Waals surface area contributed by atoms with Crippen molar-refractivity contribution in [1.29, 1.82) is 0 Å². The number of hydrogen-bond acceptors (Lipinski definition) is 4. The van der Waals surface area contributed by atoms with Gasteiger partial charge >= 0.3 is 0 Å². The summed E-state index contributed by atoms with van der Waals surface area (Å²) < 4.78 is 0. The fourth-order valence-corrected chi connectivity index (χ4v) is 2.45. The zero-order valence-corrected chi connectivity index (χ0v) is 12.5. The highest BCUT2D eigenvalue weighted by Gasteiger charge is 2.13. The molecule has 108 valence electrons. The lowest BCUT2D eigenvalue weighted by molar-refractivity contribution is -0.111. The van der Waals surface area contributed by atoms with Gasteiger partial charge in [0.05, 0.1) is 0 Å². The van der Waals surface area contributed by atoms with E-state index in [1.807, 2.05) is 66.7 Å². The molecule has 1 N–H and O–H groups in total. The van der Waals surface area contributed by atoms with Crippen LogP contribution in [0.25, 0.3) is 11.6 Å². The van der Waals surface area contributed by atoms with Gasteiger partial charge in [-0.2, -0.15) is 0 Å². The molecular formula is C17H13N3OS. The second kappa shape index (κ2) is 6.78. The van der Waals surface area contributed by atoms with Crippen molar-refractivity contribution in [3.8, 4) is 0 Å². The fraction of sp³-hybridized carbons (Fsp3) is 0. The second-order valence-corrected chi connectivity index (χ2v) is 5.37. The number of rotatable bonds is 4. The van der Waals surface area contributed by atoms with Gasteiger partial charge in [-0.25, -0.2) is 0 Å². The number of nitrogens with zero attached hydrogens (tertiary/aromatic N) is 2. The molecule has 4 nitrogen and oxygen atoms in total. The third-order valence-corrected chi connectivity index (χ3v) is 3.63. The Kier molecular flexibility index (Phi) is 4.36. The molecule has 22 heavy (non-hydrogen) atoms. The van der Waals surface area contributed by atoms with Crippen LogP contribution in [-0.2, 0) is 4.79 Å². The maximum Gasteiger partial charge on any atom is 0.258 e. The lowest BCUT2D eigenvalue weighted by Crippen LogP contribution is -2.13. The minimum Gasteiger partial charge on any atom is -0.296 e. The van der Waals surface area contributed by atoms with Gasteiger partial charge in [0.25, 0.3) is 5.91 Å². The summed E-state index contributed by atoms with van der Waals surface area (Å²) in [6.45, 7) is 0. The zero-order chi connectivity index (χ0) is 15.2. The molecule has 0 aliphatic rings. The van der Waals surface area contributed by atoms with Crippen molar-refractivity contribution < 1.29 is 4.79 Å². The molecule has 0 fully saturated rings. The first-order valence-corrected chi connectivity index (χ1v) is 7.60. The van der Waals surface area contributed by atoms with Crippen molar-refractivity contribution >= 4 is 34.0 Å². The number of carbonyl (C=O) groups excluding carboxylic acids is 1. The average Bonchev–Trinajstić information content (AvgIpc) is 3.07. The molecule has 0 saturated carbocycles. The van der Waals surface area contributed by atoms with Crippen LogP contribution in [0.3, 0.4) is 0 Å². The molecule has 1 heterocycles. The van der Waals surface area contributed by atoms with Crippen LogP contribution < -0.4 is 5.32 Å². The van der Waals surface area contributed by atoms with E-state index in [0.717, 1.165) is 11.1 Å². The average molecular weight is 307 g/mol. The number of amides is 1. The maximum atomic E-state index is 12.6. The van der Waals surface area contributed by atoms with E-state index in [0.29, 0.717) is 10.7 Å². The van der Waals surface area contributed by atoms with Crippen molar-refractivity contribution in [2.24, 2.45) is 0 Å². The molecule has 3 aromatic rings. The van der Waals surface area contributed by atoms with Crippen LogP contribution in [0.15, 0.2) is 66.2 Å². The van der Waals surface area contributed by atoms with Crippen molar-refractivity contribution in [2.75, 3.05) is 5.32 Å². The Bertz CT molecular complexity index is 768. The van der Waals surface area contributed by atoms with Gasteiger partial charge in [-0.1, -0.05) is 72.0 Å². The molecular weight excluding hydrogens is 294 g/mol. The predicted molar refractivity (Wildman–Crippen MR) is 89.3 cm³/mol. The summed E-state index contributed by atoms with van der Waals surface area (Å²) in [5.41, 5.74) is 3.99. The molecule has 5 heteroatoms. The number of benzene rings is 2. The molecule has 0 saturated heterocycles. The summed E-state index contributed by atoms with van der Waals surface area (Å²) >= 11 is 1.29. The van der Waals surface area contributed by atoms with Crippen LogP contribution in [-0.4, -0.2) is 16.1 Å². The van der Waals surface area contributed by atoms with Crippen LogP contribution in [0.5, 0.6) is 0 Å². The largest absolute Gasteiger partial charge is 0.296 e. The van der Waals surface area contributed by atoms with Crippen LogP contribution in [0, 0.1) is 0 Å². The van der Waals surface area contributed by atoms with Crippen molar-refractivity contribution in [3.63, 3.8) is 0 Å². The van der Waals surface area contributed by atoms with Crippen molar-refractivity contribution in [2.45, 2.75) is 0 Å². The number of aromatic nitrogens is 2. The molecule has 3 rings (SSSR count). The van der Waals surface area contributed by atoms with Gasteiger partial charge < -0.3 is 0 Å². The Morgan fingerprint density at radius 1 is 1.00 bits per heavy atom. The van der Waals surface area contributed by atoms with Crippen LogP contribution in [0.4, 0.5) is 5.13 Å². The molecule has 1 aromatic heterocycles. The molecule has 0 aliphatic carbocycles. The molecule has 2 aromatic carbocycles. The van der Waals surface area contributed by atoms with E-state index < -0.39 is 0 Å². The normalized spacial score (nSPS) is 11.2. The van der Waals surface area contributed by atoms with Gasteiger partial charge in [-0.15, -0.1) is 10.2 Å². The summed E-state index contributed by atoms with van der Waals surface area (Å²) in [5, 5.41) is 10.8. The second-order valence-electron chi connectivity index (χ2n) is 4.53. The van der Waals surface area contributed by atoms with Gasteiger partial charge in [-0.05, 0) is 17.2 Å². The lowest BCUT2D eigenvalue weighted by atomic mass is 10.0. The minimum atomic E-state index is -0.202. The topological polar surface area (TPSA) is 54.9 Å². The minimum absolute atomic E-state index is 0.202. The summed E-state index contributed by atoms with van der Waals surface area (Å²) in [6, 6.07) is 19.3. The lowest BCUT2D eigenvalue weighted by Gasteiger charge is -2.07. The van der Waals surface area contributed by atoms with E-state index in [-0.39, 0.29) is 5.91 Å². The fourth-order valence-electron chi connectivity index (χ4n) is 2.01. The van der Waals surface area contributed by atoms with Gasteiger partial charge in [0.1, 0.15) is 5.51 Å². The standard InChI is InChI=1S/C17H13N3OS/c21-16(19-17-20-18-12-22-17)15(14-9-5-2-6-10-14)11-13-7-3-1-4-8-13/h1-12H,(H,19,20,21)/b15-11-. The first-order valence-electron chi connectivity index (χ1n) is 6.72. The highest BCUT2D eigenvalue weighted by Crippen LogP contribution is 2.21. The van der Waals surface area contributed by atoms with Gasteiger partial charge in [0.15, 0.2) is 0 Å². The SMILES string of the molecule is O=C(Nc1nncs1)/C(=C\c1ccccc1)c1ccccc1. The molecule has 0 aliphatic heterocycles. The molecule has 1 amide bonds. The van der Waals surface area contributed by atoms with E-state index in [1.54, 1.807) is 5.51 Å². The Morgan fingerprint density at radius 3 is 2.32 bits per heavy atom.